The zero-order valence-electron chi connectivity index (χ0n) is 12.5. The molecular weight excluding hydrogens is 292 g/mol. The SMILES string of the molecule is CNCC(=O)NC1CCSC2CCC(C)N2C1=O.NC=O. The third kappa shape index (κ3) is 4.89. The maximum absolute atomic E-state index is 12.5. The van der Waals surface area contributed by atoms with Crippen LogP contribution in [0.25, 0.3) is 0 Å². The molecule has 21 heavy (non-hydrogen) atoms. The van der Waals surface area contributed by atoms with Crippen LogP contribution in [0, 0.1) is 0 Å². The van der Waals surface area contributed by atoms with Crippen molar-refractivity contribution < 1.29 is 14.4 Å². The van der Waals surface area contributed by atoms with Gasteiger partial charge >= 0.3 is 0 Å². The summed E-state index contributed by atoms with van der Waals surface area (Å²) >= 11 is 1.84. The molecular formula is C13H24N4O3S. The lowest BCUT2D eigenvalue weighted by molar-refractivity contribution is -0.137. The van der Waals surface area contributed by atoms with Crippen LogP contribution in [0.2, 0.25) is 0 Å². The number of carbonyl (C=O) groups is 3. The van der Waals surface area contributed by atoms with E-state index >= 15 is 0 Å². The maximum Gasteiger partial charge on any atom is 0.246 e. The highest BCUT2D eigenvalue weighted by molar-refractivity contribution is 7.99. The first-order valence-corrected chi connectivity index (χ1v) is 8.13. The number of rotatable bonds is 3. The summed E-state index contributed by atoms with van der Waals surface area (Å²) in [6.45, 7) is 2.35. The second-order valence-corrected chi connectivity index (χ2v) is 6.36. The molecule has 4 N–H and O–H groups in total. The Morgan fingerprint density at radius 2 is 2.14 bits per heavy atom. The fourth-order valence-electron chi connectivity index (χ4n) is 2.63. The lowest BCUT2D eigenvalue weighted by atomic mass is 10.1. The zero-order chi connectivity index (χ0) is 15.8. The van der Waals surface area contributed by atoms with E-state index in [0.29, 0.717) is 11.4 Å². The number of primary amides is 1. The van der Waals surface area contributed by atoms with Crippen molar-refractivity contribution in [3.8, 4) is 0 Å². The normalized spacial score (nSPS) is 28.0. The molecule has 0 radical (unpaired) electrons. The number of nitrogens with zero attached hydrogens (tertiary/aromatic N) is 1. The van der Waals surface area contributed by atoms with Crippen LogP contribution in [0.1, 0.15) is 26.2 Å². The van der Waals surface area contributed by atoms with E-state index < -0.39 is 0 Å². The molecule has 0 aliphatic carbocycles. The van der Waals surface area contributed by atoms with Crippen LogP contribution in [-0.4, -0.2) is 59.9 Å². The van der Waals surface area contributed by atoms with E-state index in [1.54, 1.807) is 7.05 Å². The molecule has 2 saturated heterocycles. The minimum atomic E-state index is -0.344. The van der Waals surface area contributed by atoms with Crippen LogP contribution in [-0.2, 0) is 14.4 Å². The summed E-state index contributed by atoms with van der Waals surface area (Å²) in [4.78, 5) is 34.6. The minimum Gasteiger partial charge on any atom is -0.372 e. The topological polar surface area (TPSA) is 105 Å². The lowest BCUT2D eigenvalue weighted by Crippen LogP contribution is -2.51. The first kappa shape index (κ1) is 17.8. The summed E-state index contributed by atoms with van der Waals surface area (Å²) in [6, 6.07) is -0.0410. The van der Waals surface area contributed by atoms with Gasteiger partial charge in [0.15, 0.2) is 0 Å². The Kier molecular flexibility index (Phi) is 7.52. The van der Waals surface area contributed by atoms with Gasteiger partial charge in [-0.25, -0.2) is 0 Å². The number of nitrogens with two attached hydrogens (primary N) is 1. The molecule has 0 aromatic carbocycles. The lowest BCUT2D eigenvalue weighted by Gasteiger charge is -2.28. The first-order chi connectivity index (χ1) is 10.0. The number of amides is 3. The average molecular weight is 316 g/mol. The van der Waals surface area contributed by atoms with E-state index in [2.05, 4.69) is 23.3 Å². The van der Waals surface area contributed by atoms with Gasteiger partial charge in [-0.2, -0.15) is 0 Å². The highest BCUT2D eigenvalue weighted by Gasteiger charge is 2.40. The van der Waals surface area contributed by atoms with Crippen LogP contribution in [0.15, 0.2) is 0 Å². The van der Waals surface area contributed by atoms with E-state index in [1.807, 2.05) is 16.7 Å². The fourth-order valence-corrected chi connectivity index (χ4v) is 4.05. The molecule has 7 nitrogen and oxygen atoms in total. The van der Waals surface area contributed by atoms with Crippen molar-refractivity contribution in [3.63, 3.8) is 0 Å². The van der Waals surface area contributed by atoms with Gasteiger partial charge in [0, 0.05) is 6.04 Å². The predicted octanol–water partition coefficient (Wildman–Crippen LogP) is -0.734. The van der Waals surface area contributed by atoms with Crippen molar-refractivity contribution in [1.29, 1.82) is 0 Å². The summed E-state index contributed by atoms with van der Waals surface area (Å²) in [5, 5.41) is 5.96. The van der Waals surface area contributed by atoms with E-state index in [1.165, 1.54) is 0 Å². The van der Waals surface area contributed by atoms with E-state index in [0.717, 1.165) is 25.0 Å². The number of thioether (sulfide) groups is 1. The van der Waals surface area contributed by atoms with Crippen LogP contribution in [0.4, 0.5) is 0 Å². The van der Waals surface area contributed by atoms with Gasteiger partial charge in [-0.1, -0.05) is 0 Å². The molecule has 2 aliphatic rings. The van der Waals surface area contributed by atoms with Crippen molar-refractivity contribution in [3.05, 3.63) is 0 Å². The minimum absolute atomic E-state index is 0.0967. The Bertz CT molecular complexity index is 380. The summed E-state index contributed by atoms with van der Waals surface area (Å²) in [5.74, 6) is 0.926. The zero-order valence-corrected chi connectivity index (χ0v) is 13.3. The van der Waals surface area contributed by atoms with Crippen molar-refractivity contribution in [2.45, 2.75) is 43.6 Å². The summed E-state index contributed by atoms with van der Waals surface area (Å²) < 4.78 is 0. The molecule has 0 aromatic heterocycles. The fraction of sp³-hybridized carbons (Fsp3) is 0.769. The number of hydrogen-bond donors (Lipinski definition) is 3. The van der Waals surface area contributed by atoms with E-state index in [9.17, 15) is 9.59 Å². The smallest absolute Gasteiger partial charge is 0.246 e. The third-order valence-corrected chi connectivity index (χ3v) is 4.88. The Labute approximate surface area is 129 Å². The molecule has 2 heterocycles. The molecule has 2 aliphatic heterocycles. The quantitative estimate of drug-likeness (QED) is 0.595. The van der Waals surface area contributed by atoms with Gasteiger partial charge in [-0.3, -0.25) is 14.4 Å². The van der Waals surface area contributed by atoms with Gasteiger partial charge in [0.25, 0.3) is 0 Å². The summed E-state index contributed by atoms with van der Waals surface area (Å²) in [6.07, 6.45) is 3.13. The van der Waals surface area contributed by atoms with Gasteiger partial charge < -0.3 is 21.3 Å². The standard InChI is InChI=1S/C12H21N3O2S.CH3NO/c1-8-3-4-11-15(8)12(17)9(5-6-18-11)14-10(16)7-13-2;2-1-3/h8-9,11,13H,3-7H2,1-2H3,(H,14,16);1H,(H2,2,3). The van der Waals surface area contributed by atoms with Crippen LogP contribution < -0.4 is 16.4 Å². The van der Waals surface area contributed by atoms with Crippen LogP contribution >= 0.6 is 11.8 Å². The molecule has 2 fully saturated rings. The number of hydrogen-bond acceptors (Lipinski definition) is 5. The van der Waals surface area contributed by atoms with Gasteiger partial charge in [-0.05, 0) is 39.0 Å². The highest BCUT2D eigenvalue weighted by atomic mass is 32.2. The Morgan fingerprint density at radius 3 is 2.76 bits per heavy atom. The van der Waals surface area contributed by atoms with Crippen molar-refractivity contribution in [1.82, 2.24) is 15.5 Å². The van der Waals surface area contributed by atoms with E-state index in [-0.39, 0.29) is 30.8 Å². The second kappa shape index (κ2) is 8.89. The number of likely N-dealkylation sites (N-methyl/N-ethyl adjacent to an activating group) is 1. The van der Waals surface area contributed by atoms with Gasteiger partial charge in [0.2, 0.25) is 18.2 Å². The Balaban J connectivity index is 0.000000677. The molecule has 3 unspecified atom stereocenters. The Hall–Kier alpha value is -1.28. The molecule has 0 aromatic rings. The molecule has 3 amide bonds. The highest BCUT2D eigenvalue weighted by Crippen LogP contribution is 2.35. The molecule has 0 saturated carbocycles. The van der Waals surface area contributed by atoms with Gasteiger partial charge in [0.05, 0.1) is 11.9 Å². The molecule has 0 spiro atoms. The van der Waals surface area contributed by atoms with E-state index in [4.69, 9.17) is 4.79 Å². The van der Waals surface area contributed by atoms with Gasteiger partial charge in [-0.15, -0.1) is 11.8 Å². The predicted molar refractivity (Wildman–Crippen MR) is 82.5 cm³/mol. The number of carbonyl (C=O) groups excluding carboxylic acids is 3. The molecule has 2 rings (SSSR count). The molecule has 3 atom stereocenters. The molecule has 120 valence electrons. The Morgan fingerprint density at radius 1 is 1.48 bits per heavy atom. The van der Waals surface area contributed by atoms with Crippen molar-refractivity contribution in [2.24, 2.45) is 5.73 Å². The average Bonchev–Trinajstić information content (AvgIpc) is 2.71. The molecule has 8 heteroatoms. The number of fused-ring (bicyclic) bond motifs is 1. The largest absolute Gasteiger partial charge is 0.372 e. The molecule has 0 bridgehead atoms. The van der Waals surface area contributed by atoms with Crippen molar-refractivity contribution >= 4 is 30.0 Å². The van der Waals surface area contributed by atoms with Crippen LogP contribution in [0.5, 0.6) is 0 Å². The maximum atomic E-state index is 12.5. The first-order valence-electron chi connectivity index (χ1n) is 7.08. The van der Waals surface area contributed by atoms with Gasteiger partial charge in [0.1, 0.15) is 6.04 Å². The second-order valence-electron chi connectivity index (χ2n) is 5.07. The summed E-state index contributed by atoms with van der Waals surface area (Å²) in [5.41, 5.74) is 4.17. The van der Waals surface area contributed by atoms with Crippen LogP contribution in [0.3, 0.4) is 0 Å². The monoisotopic (exact) mass is 316 g/mol. The third-order valence-electron chi connectivity index (χ3n) is 3.56. The summed E-state index contributed by atoms with van der Waals surface area (Å²) in [7, 11) is 1.73. The van der Waals surface area contributed by atoms with Crippen molar-refractivity contribution in [2.75, 3.05) is 19.3 Å². The number of nitrogens with one attached hydrogen (secondary N) is 2.